The molecular weight excluding hydrogens is 282 g/mol. The maximum atomic E-state index is 9.43. The van der Waals surface area contributed by atoms with Crippen LogP contribution in [0.15, 0.2) is 30.3 Å². The van der Waals surface area contributed by atoms with Crippen LogP contribution < -0.4 is 0 Å². The number of rotatable bonds is 8. The number of carboxylic acid groups (broad SMARTS) is 2. The lowest BCUT2D eigenvalue weighted by Crippen LogP contribution is -2.48. The number of hydrogen-bond donors (Lipinski definition) is 2. The summed E-state index contributed by atoms with van der Waals surface area (Å²) in [5.41, 5.74) is 1.47. The van der Waals surface area contributed by atoms with E-state index < -0.39 is 18.4 Å². The Bertz CT molecular complexity index is 421. The van der Waals surface area contributed by atoms with E-state index in [1.54, 1.807) is 0 Å². The topological polar surface area (TPSA) is 74.6 Å². The van der Waals surface area contributed by atoms with Crippen LogP contribution >= 0.6 is 0 Å². The molecule has 0 saturated heterocycles. The molecule has 124 valence electrons. The highest BCUT2D eigenvalue weighted by atomic mass is 16.4. The minimum absolute atomic E-state index is 0.806. The molecular formula is C17H28NO4+. The number of hydrogen-bond acceptors (Lipinski definition) is 2. The fourth-order valence-corrected chi connectivity index (χ4v) is 2.29. The van der Waals surface area contributed by atoms with Crippen molar-refractivity contribution in [1.29, 1.82) is 0 Å². The van der Waals surface area contributed by atoms with E-state index in [9.17, 15) is 9.59 Å². The molecule has 0 radical (unpaired) electrons. The first-order valence-electron chi connectivity index (χ1n) is 7.71. The molecule has 2 N–H and O–H groups in total. The first-order chi connectivity index (χ1) is 10.4. The van der Waals surface area contributed by atoms with Crippen LogP contribution in [0.25, 0.3) is 0 Å². The average molecular weight is 310 g/mol. The molecule has 0 aliphatic rings. The molecule has 0 aliphatic carbocycles. The SMILES string of the molecule is CC[N+](CC)(CC)CCc1ccccc1.O=C(O)CC(=O)O. The molecule has 0 bridgehead atoms. The minimum atomic E-state index is -1.31. The minimum Gasteiger partial charge on any atom is -0.481 e. The number of carboxylic acids is 2. The zero-order chi connectivity index (χ0) is 17.0. The van der Waals surface area contributed by atoms with Crippen LogP contribution in [0.2, 0.25) is 0 Å². The summed E-state index contributed by atoms with van der Waals surface area (Å²) in [6, 6.07) is 10.8. The van der Waals surface area contributed by atoms with Gasteiger partial charge in [-0.05, 0) is 26.3 Å². The highest BCUT2D eigenvalue weighted by Gasteiger charge is 2.19. The Morgan fingerprint density at radius 2 is 1.36 bits per heavy atom. The standard InChI is InChI=1S/C14H24N.C3H4O4/c1-4-15(5-2,6-3)13-12-14-10-8-7-9-11-14;4-2(5)1-3(6)7/h7-11H,4-6,12-13H2,1-3H3;1H2,(H,4,5)(H,6,7)/q+1;. The van der Waals surface area contributed by atoms with Gasteiger partial charge in [-0.25, -0.2) is 0 Å². The van der Waals surface area contributed by atoms with Gasteiger partial charge in [-0.15, -0.1) is 0 Å². The second-order valence-corrected chi connectivity index (χ2v) is 5.21. The highest BCUT2D eigenvalue weighted by molar-refractivity contribution is 5.88. The monoisotopic (exact) mass is 310 g/mol. The van der Waals surface area contributed by atoms with E-state index in [1.807, 2.05) is 0 Å². The van der Waals surface area contributed by atoms with Gasteiger partial charge in [0.15, 0.2) is 0 Å². The molecule has 1 aromatic rings. The lowest BCUT2D eigenvalue weighted by molar-refractivity contribution is -0.923. The maximum absolute atomic E-state index is 9.43. The first kappa shape index (κ1) is 20.1. The van der Waals surface area contributed by atoms with Crippen LogP contribution in [0.5, 0.6) is 0 Å². The van der Waals surface area contributed by atoms with Crippen molar-refractivity contribution in [3.63, 3.8) is 0 Å². The van der Waals surface area contributed by atoms with Gasteiger partial charge in [-0.1, -0.05) is 30.3 Å². The van der Waals surface area contributed by atoms with Crippen LogP contribution in [0.1, 0.15) is 32.8 Å². The van der Waals surface area contributed by atoms with Gasteiger partial charge in [0.2, 0.25) is 0 Å². The fraction of sp³-hybridized carbons (Fsp3) is 0.529. The lowest BCUT2D eigenvalue weighted by atomic mass is 10.1. The highest BCUT2D eigenvalue weighted by Crippen LogP contribution is 2.09. The molecule has 0 amide bonds. The molecule has 0 saturated carbocycles. The maximum Gasteiger partial charge on any atom is 0.314 e. The third kappa shape index (κ3) is 8.42. The van der Waals surface area contributed by atoms with Gasteiger partial charge in [0.05, 0.1) is 26.2 Å². The molecule has 5 heteroatoms. The van der Waals surface area contributed by atoms with Gasteiger partial charge in [-0.2, -0.15) is 0 Å². The van der Waals surface area contributed by atoms with E-state index in [0.29, 0.717) is 0 Å². The zero-order valence-electron chi connectivity index (χ0n) is 13.8. The van der Waals surface area contributed by atoms with Crippen molar-refractivity contribution in [2.24, 2.45) is 0 Å². The quantitative estimate of drug-likeness (QED) is 0.572. The van der Waals surface area contributed by atoms with Crippen molar-refractivity contribution >= 4 is 11.9 Å². The molecule has 5 nitrogen and oxygen atoms in total. The predicted octanol–water partition coefficient (Wildman–Crippen LogP) is 2.65. The van der Waals surface area contributed by atoms with Crippen LogP contribution in [0, 0.1) is 0 Å². The summed E-state index contributed by atoms with van der Waals surface area (Å²) >= 11 is 0. The summed E-state index contributed by atoms with van der Waals surface area (Å²) < 4.78 is 1.24. The summed E-state index contributed by atoms with van der Waals surface area (Å²) in [6.07, 6.45) is 0.399. The van der Waals surface area contributed by atoms with E-state index in [2.05, 4.69) is 51.1 Å². The Kier molecular flexibility index (Phi) is 9.87. The first-order valence-corrected chi connectivity index (χ1v) is 7.71. The van der Waals surface area contributed by atoms with Crippen molar-refractivity contribution in [1.82, 2.24) is 0 Å². The predicted molar refractivity (Wildman–Crippen MR) is 86.8 cm³/mol. The van der Waals surface area contributed by atoms with Crippen molar-refractivity contribution in [2.75, 3.05) is 26.2 Å². The van der Waals surface area contributed by atoms with Crippen LogP contribution in [-0.4, -0.2) is 52.8 Å². The smallest absolute Gasteiger partial charge is 0.314 e. The zero-order valence-corrected chi connectivity index (χ0v) is 13.8. The Balaban J connectivity index is 0.000000534. The Hall–Kier alpha value is -1.88. The van der Waals surface area contributed by atoms with E-state index in [0.717, 1.165) is 0 Å². The third-order valence-electron chi connectivity index (χ3n) is 4.03. The van der Waals surface area contributed by atoms with Gasteiger partial charge >= 0.3 is 11.9 Å². The number of nitrogens with zero attached hydrogens (tertiary/aromatic N) is 1. The van der Waals surface area contributed by atoms with Gasteiger partial charge < -0.3 is 14.7 Å². The Labute approximate surface area is 132 Å². The average Bonchev–Trinajstić information content (AvgIpc) is 2.49. The van der Waals surface area contributed by atoms with Gasteiger partial charge in [0.25, 0.3) is 0 Å². The molecule has 0 atom stereocenters. The second kappa shape index (κ2) is 10.8. The molecule has 0 fully saturated rings. The van der Waals surface area contributed by atoms with Crippen molar-refractivity contribution < 1.29 is 24.3 Å². The van der Waals surface area contributed by atoms with Crippen LogP contribution in [0.4, 0.5) is 0 Å². The second-order valence-electron chi connectivity index (χ2n) is 5.21. The van der Waals surface area contributed by atoms with Crippen molar-refractivity contribution in [2.45, 2.75) is 33.6 Å². The van der Waals surface area contributed by atoms with Gasteiger partial charge in [-0.3, -0.25) is 9.59 Å². The van der Waals surface area contributed by atoms with Crippen molar-refractivity contribution in [3.8, 4) is 0 Å². The van der Waals surface area contributed by atoms with Gasteiger partial charge in [0.1, 0.15) is 6.42 Å². The molecule has 1 aromatic carbocycles. The number of aliphatic carboxylic acids is 2. The molecule has 0 aromatic heterocycles. The van der Waals surface area contributed by atoms with E-state index in [4.69, 9.17) is 10.2 Å². The van der Waals surface area contributed by atoms with E-state index in [1.165, 1.54) is 42.6 Å². The molecule has 22 heavy (non-hydrogen) atoms. The normalized spacial score (nSPS) is 10.5. The number of likely N-dealkylation sites (N-methyl/N-ethyl adjacent to an activating group) is 1. The summed E-state index contributed by atoms with van der Waals surface area (Å²) in [5, 5.41) is 15.4. The molecule has 0 spiro atoms. The number of carbonyl (C=O) groups is 2. The van der Waals surface area contributed by atoms with E-state index >= 15 is 0 Å². The fourth-order valence-electron chi connectivity index (χ4n) is 2.29. The molecule has 0 unspecified atom stereocenters. The number of benzene rings is 1. The van der Waals surface area contributed by atoms with Gasteiger partial charge in [0, 0.05) is 6.42 Å². The van der Waals surface area contributed by atoms with Crippen LogP contribution in [0.3, 0.4) is 0 Å². The number of quaternary nitrogens is 1. The third-order valence-corrected chi connectivity index (χ3v) is 4.03. The van der Waals surface area contributed by atoms with Crippen molar-refractivity contribution in [3.05, 3.63) is 35.9 Å². The largest absolute Gasteiger partial charge is 0.481 e. The Morgan fingerprint density at radius 1 is 0.909 bits per heavy atom. The van der Waals surface area contributed by atoms with E-state index in [-0.39, 0.29) is 0 Å². The molecule has 0 aliphatic heterocycles. The summed E-state index contributed by atoms with van der Waals surface area (Å²) in [6.45, 7) is 11.9. The summed E-state index contributed by atoms with van der Waals surface area (Å²) in [4.78, 5) is 18.9. The molecule has 1 rings (SSSR count). The summed E-state index contributed by atoms with van der Waals surface area (Å²) in [7, 11) is 0. The Morgan fingerprint density at radius 3 is 1.68 bits per heavy atom. The summed E-state index contributed by atoms with van der Waals surface area (Å²) in [5.74, 6) is -2.62. The molecule has 0 heterocycles. The van der Waals surface area contributed by atoms with Crippen LogP contribution in [-0.2, 0) is 16.0 Å². The lowest BCUT2D eigenvalue weighted by Gasteiger charge is -2.35.